The maximum absolute atomic E-state index is 13.0. The zero-order valence-corrected chi connectivity index (χ0v) is 10.8. The standard InChI is InChI=1S/C13H12F3N3O2/c14-13(15,16)8-2-1-3-9-10(8)11(20)19(12(21)18-9)6-7-4-17-5-7/h1-3,7,17H,4-6H2,(H,18,21). The van der Waals surface area contributed by atoms with Crippen molar-refractivity contribution in [3.63, 3.8) is 0 Å². The number of aromatic amines is 1. The van der Waals surface area contributed by atoms with E-state index < -0.39 is 28.4 Å². The molecule has 112 valence electrons. The highest BCUT2D eigenvalue weighted by molar-refractivity contribution is 5.81. The van der Waals surface area contributed by atoms with Gasteiger partial charge in [-0.1, -0.05) is 6.07 Å². The molecule has 1 fully saturated rings. The van der Waals surface area contributed by atoms with Crippen LogP contribution in [0.5, 0.6) is 0 Å². The van der Waals surface area contributed by atoms with Crippen LogP contribution in [0.25, 0.3) is 10.9 Å². The predicted molar refractivity (Wildman–Crippen MR) is 70.2 cm³/mol. The number of hydrogen-bond acceptors (Lipinski definition) is 3. The number of fused-ring (bicyclic) bond motifs is 1. The summed E-state index contributed by atoms with van der Waals surface area (Å²) in [6, 6.07) is 3.31. The summed E-state index contributed by atoms with van der Waals surface area (Å²) < 4.78 is 39.9. The van der Waals surface area contributed by atoms with Crippen LogP contribution in [0.1, 0.15) is 5.56 Å². The first-order valence-electron chi connectivity index (χ1n) is 6.41. The van der Waals surface area contributed by atoms with Gasteiger partial charge in [-0.05, 0) is 12.1 Å². The van der Waals surface area contributed by atoms with Gasteiger partial charge >= 0.3 is 11.9 Å². The van der Waals surface area contributed by atoms with Crippen LogP contribution < -0.4 is 16.6 Å². The fourth-order valence-electron chi connectivity index (χ4n) is 2.43. The van der Waals surface area contributed by atoms with Crippen LogP contribution in [0, 0.1) is 5.92 Å². The van der Waals surface area contributed by atoms with Gasteiger partial charge in [-0.3, -0.25) is 9.36 Å². The number of halogens is 3. The third kappa shape index (κ3) is 2.35. The smallest absolute Gasteiger partial charge is 0.316 e. The highest BCUT2D eigenvalue weighted by atomic mass is 19.4. The Balaban J connectivity index is 2.26. The van der Waals surface area contributed by atoms with E-state index in [2.05, 4.69) is 10.3 Å². The summed E-state index contributed by atoms with van der Waals surface area (Å²) in [5, 5.41) is 2.50. The zero-order valence-electron chi connectivity index (χ0n) is 10.8. The minimum Gasteiger partial charge on any atom is -0.316 e. The Labute approximate surface area is 116 Å². The quantitative estimate of drug-likeness (QED) is 0.867. The highest BCUT2D eigenvalue weighted by Crippen LogP contribution is 2.32. The molecule has 5 nitrogen and oxygen atoms in total. The van der Waals surface area contributed by atoms with E-state index in [1.165, 1.54) is 12.1 Å². The summed E-state index contributed by atoms with van der Waals surface area (Å²) >= 11 is 0. The molecule has 0 amide bonds. The van der Waals surface area contributed by atoms with Gasteiger partial charge in [0.05, 0.1) is 16.5 Å². The van der Waals surface area contributed by atoms with Crippen molar-refractivity contribution >= 4 is 10.9 Å². The van der Waals surface area contributed by atoms with E-state index in [1.54, 1.807) is 0 Å². The van der Waals surface area contributed by atoms with Gasteiger partial charge in [-0.25, -0.2) is 4.79 Å². The van der Waals surface area contributed by atoms with Crippen LogP contribution in [0.2, 0.25) is 0 Å². The van der Waals surface area contributed by atoms with Gasteiger partial charge in [0.15, 0.2) is 0 Å². The number of nitrogens with one attached hydrogen (secondary N) is 2. The molecule has 0 radical (unpaired) electrons. The van der Waals surface area contributed by atoms with Crippen molar-refractivity contribution in [2.75, 3.05) is 13.1 Å². The normalized spacial score (nSPS) is 16.1. The average Bonchev–Trinajstić information content (AvgIpc) is 2.34. The number of benzene rings is 1. The SMILES string of the molecule is O=c1[nH]c2cccc(C(F)(F)F)c2c(=O)n1CC1CNC1. The summed E-state index contributed by atoms with van der Waals surface area (Å²) in [6.07, 6.45) is -4.65. The third-order valence-electron chi connectivity index (χ3n) is 3.62. The van der Waals surface area contributed by atoms with Gasteiger partial charge in [0.25, 0.3) is 5.56 Å². The average molecular weight is 299 g/mol. The predicted octanol–water partition coefficient (Wildman–Crippen LogP) is 0.928. The first-order valence-corrected chi connectivity index (χ1v) is 6.41. The van der Waals surface area contributed by atoms with Gasteiger partial charge in [-0.15, -0.1) is 0 Å². The number of alkyl halides is 3. The lowest BCUT2D eigenvalue weighted by Crippen LogP contribution is -2.48. The molecule has 1 aromatic carbocycles. The molecule has 1 aliphatic heterocycles. The second kappa shape index (κ2) is 4.73. The lowest BCUT2D eigenvalue weighted by atomic mass is 10.0. The van der Waals surface area contributed by atoms with Crippen molar-refractivity contribution in [3.8, 4) is 0 Å². The summed E-state index contributed by atoms with van der Waals surface area (Å²) in [4.78, 5) is 26.6. The Morgan fingerprint density at radius 2 is 1.95 bits per heavy atom. The molecule has 1 saturated heterocycles. The Hall–Kier alpha value is -2.09. The molecule has 0 unspecified atom stereocenters. The van der Waals surface area contributed by atoms with E-state index in [0.29, 0.717) is 13.1 Å². The summed E-state index contributed by atoms with van der Waals surface area (Å²) in [5.41, 5.74) is -2.70. The molecule has 8 heteroatoms. The van der Waals surface area contributed by atoms with E-state index in [9.17, 15) is 22.8 Å². The van der Waals surface area contributed by atoms with E-state index in [-0.39, 0.29) is 18.0 Å². The van der Waals surface area contributed by atoms with Crippen LogP contribution in [-0.4, -0.2) is 22.6 Å². The Bertz CT molecular complexity index is 803. The van der Waals surface area contributed by atoms with Crippen LogP contribution >= 0.6 is 0 Å². The minimum atomic E-state index is -4.65. The molecule has 0 spiro atoms. The number of H-pyrrole nitrogens is 1. The first kappa shape index (κ1) is 13.9. The molecule has 2 aromatic rings. The van der Waals surface area contributed by atoms with E-state index in [4.69, 9.17) is 0 Å². The zero-order chi connectivity index (χ0) is 15.2. The molecule has 3 rings (SSSR count). The molecule has 2 heterocycles. The number of nitrogens with zero attached hydrogens (tertiary/aromatic N) is 1. The molecule has 2 N–H and O–H groups in total. The fraction of sp³-hybridized carbons (Fsp3) is 0.385. The lowest BCUT2D eigenvalue weighted by molar-refractivity contribution is -0.136. The lowest BCUT2D eigenvalue weighted by Gasteiger charge is -2.27. The van der Waals surface area contributed by atoms with Crippen molar-refractivity contribution in [3.05, 3.63) is 44.6 Å². The van der Waals surface area contributed by atoms with Gasteiger partial charge in [0.2, 0.25) is 0 Å². The molecule has 0 bridgehead atoms. The topological polar surface area (TPSA) is 66.9 Å². The molecule has 0 saturated carbocycles. The van der Waals surface area contributed by atoms with E-state index >= 15 is 0 Å². The van der Waals surface area contributed by atoms with Crippen molar-refractivity contribution < 1.29 is 13.2 Å². The first-order chi connectivity index (χ1) is 9.88. The van der Waals surface area contributed by atoms with Gasteiger partial charge in [0.1, 0.15) is 0 Å². The number of aromatic nitrogens is 2. The summed E-state index contributed by atoms with van der Waals surface area (Å²) in [5.74, 6) is 0.0827. The Kier molecular flexibility index (Phi) is 3.12. The van der Waals surface area contributed by atoms with Crippen LogP contribution in [0.4, 0.5) is 13.2 Å². The maximum Gasteiger partial charge on any atom is 0.417 e. The monoisotopic (exact) mass is 299 g/mol. The van der Waals surface area contributed by atoms with Crippen LogP contribution in [0.15, 0.2) is 27.8 Å². The van der Waals surface area contributed by atoms with E-state index in [1.807, 2.05) is 0 Å². The molecule has 0 aliphatic carbocycles. The van der Waals surface area contributed by atoms with E-state index in [0.717, 1.165) is 10.6 Å². The van der Waals surface area contributed by atoms with Crippen LogP contribution in [0.3, 0.4) is 0 Å². The second-order valence-electron chi connectivity index (χ2n) is 5.10. The maximum atomic E-state index is 13.0. The Morgan fingerprint density at radius 3 is 2.52 bits per heavy atom. The van der Waals surface area contributed by atoms with Crippen molar-refractivity contribution in [1.82, 2.24) is 14.9 Å². The number of hydrogen-bond donors (Lipinski definition) is 2. The largest absolute Gasteiger partial charge is 0.417 e. The molecule has 1 aliphatic rings. The summed E-state index contributed by atoms with van der Waals surface area (Å²) in [7, 11) is 0. The number of rotatable bonds is 2. The molecule has 21 heavy (non-hydrogen) atoms. The van der Waals surface area contributed by atoms with Gasteiger partial charge in [0, 0.05) is 25.6 Å². The third-order valence-corrected chi connectivity index (χ3v) is 3.62. The van der Waals surface area contributed by atoms with Crippen molar-refractivity contribution in [1.29, 1.82) is 0 Å². The molecule has 1 aromatic heterocycles. The molecular weight excluding hydrogens is 287 g/mol. The summed E-state index contributed by atoms with van der Waals surface area (Å²) in [6.45, 7) is 1.40. The molecule has 0 atom stereocenters. The molecular formula is C13H12F3N3O2. The highest BCUT2D eigenvalue weighted by Gasteiger charge is 2.34. The minimum absolute atomic E-state index is 0.0827. The fourth-order valence-corrected chi connectivity index (χ4v) is 2.43. The van der Waals surface area contributed by atoms with Crippen molar-refractivity contribution in [2.45, 2.75) is 12.7 Å². The van der Waals surface area contributed by atoms with Gasteiger partial charge < -0.3 is 10.3 Å². The van der Waals surface area contributed by atoms with Crippen molar-refractivity contribution in [2.24, 2.45) is 5.92 Å². The Morgan fingerprint density at radius 1 is 1.24 bits per heavy atom. The second-order valence-corrected chi connectivity index (χ2v) is 5.10. The van der Waals surface area contributed by atoms with Gasteiger partial charge in [-0.2, -0.15) is 13.2 Å². The van der Waals surface area contributed by atoms with Crippen LogP contribution in [-0.2, 0) is 12.7 Å².